The number of halogens is 1. The predicted octanol–water partition coefficient (Wildman–Crippen LogP) is 4.08. The lowest BCUT2D eigenvalue weighted by atomic mass is 10.1. The van der Waals surface area contributed by atoms with E-state index < -0.39 is 0 Å². The summed E-state index contributed by atoms with van der Waals surface area (Å²) in [4.78, 5) is 4.34. The molecule has 21 heavy (non-hydrogen) atoms. The number of benzene rings is 2. The SMILES string of the molecule is NCC(Oc1ccc2cccnc2c1)c1cccc(Br)c1. The van der Waals surface area contributed by atoms with E-state index in [1.807, 2.05) is 54.6 Å². The van der Waals surface area contributed by atoms with Crippen LogP contribution in [0.3, 0.4) is 0 Å². The molecule has 1 heterocycles. The lowest BCUT2D eigenvalue weighted by molar-refractivity contribution is 0.214. The average molecular weight is 343 g/mol. The molecule has 0 aliphatic carbocycles. The first-order valence-electron chi connectivity index (χ1n) is 6.73. The molecule has 1 unspecified atom stereocenters. The van der Waals surface area contributed by atoms with Crippen molar-refractivity contribution in [2.75, 3.05) is 6.54 Å². The maximum absolute atomic E-state index is 6.03. The van der Waals surface area contributed by atoms with Gasteiger partial charge in [0.1, 0.15) is 11.9 Å². The fourth-order valence-corrected chi connectivity index (χ4v) is 2.66. The van der Waals surface area contributed by atoms with E-state index in [9.17, 15) is 0 Å². The Morgan fingerprint density at radius 1 is 1.10 bits per heavy atom. The second-order valence-corrected chi connectivity index (χ2v) is 5.67. The molecule has 0 radical (unpaired) electrons. The minimum Gasteiger partial charge on any atom is -0.484 e. The Bertz CT molecular complexity index is 760. The zero-order valence-electron chi connectivity index (χ0n) is 11.4. The molecule has 4 heteroatoms. The van der Waals surface area contributed by atoms with Crippen LogP contribution in [0.15, 0.2) is 65.3 Å². The van der Waals surface area contributed by atoms with Crippen LogP contribution >= 0.6 is 15.9 Å². The highest BCUT2D eigenvalue weighted by Gasteiger charge is 2.12. The standard InChI is InChI=1S/C17H15BrN2O/c18-14-5-1-3-13(9-14)17(11-19)21-15-7-6-12-4-2-8-20-16(12)10-15/h1-10,17H,11,19H2. The highest BCUT2D eigenvalue weighted by molar-refractivity contribution is 9.10. The second-order valence-electron chi connectivity index (χ2n) is 4.76. The van der Waals surface area contributed by atoms with Crippen molar-refractivity contribution in [3.05, 3.63) is 70.8 Å². The molecule has 3 rings (SSSR count). The summed E-state index contributed by atoms with van der Waals surface area (Å²) in [6, 6.07) is 17.9. The summed E-state index contributed by atoms with van der Waals surface area (Å²) in [5.74, 6) is 0.775. The van der Waals surface area contributed by atoms with E-state index in [1.54, 1.807) is 6.20 Å². The number of hydrogen-bond donors (Lipinski definition) is 1. The molecule has 0 bridgehead atoms. The summed E-state index contributed by atoms with van der Waals surface area (Å²) < 4.78 is 7.04. The fraction of sp³-hybridized carbons (Fsp3) is 0.118. The van der Waals surface area contributed by atoms with E-state index >= 15 is 0 Å². The number of ether oxygens (including phenoxy) is 1. The number of aromatic nitrogens is 1. The van der Waals surface area contributed by atoms with Gasteiger partial charge in [-0.05, 0) is 35.9 Å². The van der Waals surface area contributed by atoms with Crippen LogP contribution in [0.4, 0.5) is 0 Å². The number of hydrogen-bond acceptors (Lipinski definition) is 3. The van der Waals surface area contributed by atoms with Crippen molar-refractivity contribution in [2.24, 2.45) is 5.73 Å². The Hall–Kier alpha value is -1.91. The summed E-state index contributed by atoms with van der Waals surface area (Å²) >= 11 is 3.47. The van der Waals surface area contributed by atoms with Crippen LogP contribution in [0, 0.1) is 0 Å². The Morgan fingerprint density at radius 3 is 2.81 bits per heavy atom. The Kier molecular flexibility index (Phi) is 4.18. The molecule has 1 atom stereocenters. The Balaban J connectivity index is 1.88. The number of rotatable bonds is 4. The summed E-state index contributed by atoms with van der Waals surface area (Å²) in [5, 5.41) is 1.09. The molecule has 2 N–H and O–H groups in total. The van der Waals surface area contributed by atoms with Gasteiger partial charge in [-0.2, -0.15) is 0 Å². The topological polar surface area (TPSA) is 48.1 Å². The van der Waals surface area contributed by atoms with Crippen molar-refractivity contribution in [3.8, 4) is 5.75 Å². The predicted molar refractivity (Wildman–Crippen MR) is 88.3 cm³/mol. The fourth-order valence-electron chi connectivity index (χ4n) is 2.24. The minimum absolute atomic E-state index is 0.177. The van der Waals surface area contributed by atoms with E-state index in [-0.39, 0.29) is 6.10 Å². The van der Waals surface area contributed by atoms with Crippen LogP contribution in [0.5, 0.6) is 5.75 Å². The van der Waals surface area contributed by atoms with Gasteiger partial charge in [0.25, 0.3) is 0 Å². The molecule has 0 saturated heterocycles. The van der Waals surface area contributed by atoms with Gasteiger partial charge in [0.2, 0.25) is 0 Å². The van der Waals surface area contributed by atoms with Crippen LogP contribution in [-0.4, -0.2) is 11.5 Å². The van der Waals surface area contributed by atoms with Gasteiger partial charge in [0.05, 0.1) is 5.52 Å². The maximum Gasteiger partial charge on any atom is 0.136 e. The van der Waals surface area contributed by atoms with Gasteiger partial charge in [-0.15, -0.1) is 0 Å². The largest absolute Gasteiger partial charge is 0.484 e. The number of pyridine rings is 1. The average Bonchev–Trinajstić information content (AvgIpc) is 2.52. The first-order chi connectivity index (χ1) is 10.3. The van der Waals surface area contributed by atoms with Crippen LogP contribution in [-0.2, 0) is 0 Å². The highest BCUT2D eigenvalue weighted by Crippen LogP contribution is 2.25. The third kappa shape index (κ3) is 3.23. The Morgan fingerprint density at radius 2 is 2.00 bits per heavy atom. The highest BCUT2D eigenvalue weighted by atomic mass is 79.9. The monoisotopic (exact) mass is 342 g/mol. The van der Waals surface area contributed by atoms with Crippen molar-refractivity contribution in [1.29, 1.82) is 0 Å². The van der Waals surface area contributed by atoms with Gasteiger partial charge >= 0.3 is 0 Å². The lowest BCUT2D eigenvalue weighted by Crippen LogP contribution is -2.18. The number of fused-ring (bicyclic) bond motifs is 1. The lowest BCUT2D eigenvalue weighted by Gasteiger charge is -2.18. The third-order valence-electron chi connectivity index (χ3n) is 3.29. The molecule has 0 aliphatic heterocycles. The van der Waals surface area contributed by atoms with Gasteiger partial charge in [-0.1, -0.05) is 34.1 Å². The molecule has 0 spiro atoms. The van der Waals surface area contributed by atoms with Crippen molar-refractivity contribution >= 4 is 26.8 Å². The summed E-state index contributed by atoms with van der Waals surface area (Å²) in [6.45, 7) is 0.413. The van der Waals surface area contributed by atoms with Crippen molar-refractivity contribution in [3.63, 3.8) is 0 Å². The van der Waals surface area contributed by atoms with E-state index in [1.165, 1.54) is 0 Å². The molecule has 0 aliphatic rings. The van der Waals surface area contributed by atoms with Gasteiger partial charge < -0.3 is 10.5 Å². The van der Waals surface area contributed by atoms with Crippen LogP contribution < -0.4 is 10.5 Å². The zero-order chi connectivity index (χ0) is 14.7. The Labute approximate surface area is 131 Å². The minimum atomic E-state index is -0.177. The van der Waals surface area contributed by atoms with E-state index in [0.29, 0.717) is 6.54 Å². The van der Waals surface area contributed by atoms with Crippen molar-refractivity contribution < 1.29 is 4.74 Å². The molecular formula is C17H15BrN2O. The number of nitrogens with zero attached hydrogens (tertiary/aromatic N) is 1. The van der Waals surface area contributed by atoms with Gasteiger partial charge in [0, 0.05) is 28.7 Å². The molecule has 0 amide bonds. The van der Waals surface area contributed by atoms with Gasteiger partial charge in [-0.3, -0.25) is 4.98 Å². The summed E-state index contributed by atoms with van der Waals surface area (Å²) in [7, 11) is 0. The maximum atomic E-state index is 6.03. The van der Waals surface area contributed by atoms with Crippen LogP contribution in [0.2, 0.25) is 0 Å². The summed E-state index contributed by atoms with van der Waals surface area (Å²) in [6.07, 6.45) is 1.60. The quantitative estimate of drug-likeness (QED) is 0.777. The van der Waals surface area contributed by atoms with Crippen molar-refractivity contribution in [2.45, 2.75) is 6.10 Å². The van der Waals surface area contributed by atoms with E-state index in [2.05, 4.69) is 20.9 Å². The normalized spacial score (nSPS) is 12.3. The first-order valence-corrected chi connectivity index (χ1v) is 7.52. The summed E-state index contributed by atoms with van der Waals surface area (Å²) in [5.41, 5.74) is 7.83. The first kappa shape index (κ1) is 14.0. The molecule has 3 aromatic rings. The molecule has 0 fully saturated rings. The van der Waals surface area contributed by atoms with Crippen LogP contribution in [0.25, 0.3) is 10.9 Å². The third-order valence-corrected chi connectivity index (χ3v) is 3.78. The molecule has 106 valence electrons. The van der Waals surface area contributed by atoms with E-state index in [4.69, 9.17) is 10.5 Å². The molecular weight excluding hydrogens is 328 g/mol. The molecule has 1 aromatic heterocycles. The zero-order valence-corrected chi connectivity index (χ0v) is 13.0. The van der Waals surface area contributed by atoms with E-state index in [0.717, 1.165) is 26.7 Å². The van der Waals surface area contributed by atoms with Gasteiger partial charge in [-0.25, -0.2) is 0 Å². The smallest absolute Gasteiger partial charge is 0.136 e. The number of nitrogens with two attached hydrogens (primary N) is 1. The molecule has 0 saturated carbocycles. The van der Waals surface area contributed by atoms with Crippen LogP contribution in [0.1, 0.15) is 11.7 Å². The molecule has 2 aromatic carbocycles. The molecule has 3 nitrogen and oxygen atoms in total. The van der Waals surface area contributed by atoms with Gasteiger partial charge in [0.15, 0.2) is 0 Å². The second kappa shape index (κ2) is 6.24. The van der Waals surface area contributed by atoms with Crippen molar-refractivity contribution in [1.82, 2.24) is 4.98 Å².